The van der Waals surface area contributed by atoms with Crippen LogP contribution in [-0.4, -0.2) is 17.1 Å². The summed E-state index contributed by atoms with van der Waals surface area (Å²) in [6.07, 6.45) is 1.69. The van der Waals surface area contributed by atoms with Gasteiger partial charge in [0.2, 0.25) is 0 Å². The molecule has 0 bridgehead atoms. The van der Waals surface area contributed by atoms with Crippen LogP contribution in [0.5, 0.6) is 5.75 Å². The number of nitrogens with one attached hydrogen (secondary N) is 1. The summed E-state index contributed by atoms with van der Waals surface area (Å²) in [5.41, 5.74) is 0.645. The maximum absolute atomic E-state index is 12.4. The predicted molar refractivity (Wildman–Crippen MR) is 107 cm³/mol. The van der Waals surface area contributed by atoms with Crippen LogP contribution >= 0.6 is 0 Å². The number of pyridine rings is 1. The maximum Gasteiger partial charge on any atom is 0.262 e. The van der Waals surface area contributed by atoms with E-state index in [1.165, 1.54) is 4.57 Å². The van der Waals surface area contributed by atoms with Gasteiger partial charge in [-0.2, -0.15) is 0 Å². The number of hydrogen-bond donors (Lipinski definition) is 1. The number of benzene rings is 3. The second-order valence-electron chi connectivity index (χ2n) is 6.31. The number of aryl methyl sites for hydroxylation is 1. The van der Waals surface area contributed by atoms with Crippen LogP contribution in [0.4, 0.5) is 5.69 Å². The largest absolute Gasteiger partial charge is 0.483 e. The smallest absolute Gasteiger partial charge is 0.262 e. The molecule has 27 heavy (non-hydrogen) atoms. The number of anilines is 1. The minimum absolute atomic E-state index is 0.0989. The van der Waals surface area contributed by atoms with E-state index in [-0.39, 0.29) is 18.1 Å². The summed E-state index contributed by atoms with van der Waals surface area (Å²) in [4.78, 5) is 24.6. The van der Waals surface area contributed by atoms with Crippen LogP contribution in [-0.2, 0) is 11.8 Å². The van der Waals surface area contributed by atoms with Gasteiger partial charge in [-0.05, 0) is 29.7 Å². The van der Waals surface area contributed by atoms with Crippen molar-refractivity contribution in [3.63, 3.8) is 0 Å². The van der Waals surface area contributed by atoms with E-state index in [9.17, 15) is 9.59 Å². The highest BCUT2D eigenvalue weighted by atomic mass is 16.5. The molecule has 0 aliphatic carbocycles. The summed E-state index contributed by atoms with van der Waals surface area (Å²) in [5, 5.41) is 6.18. The molecule has 1 aromatic heterocycles. The van der Waals surface area contributed by atoms with Crippen LogP contribution in [0, 0.1) is 0 Å². The number of rotatable bonds is 4. The number of fused-ring (bicyclic) bond motifs is 2. The normalized spacial score (nSPS) is 10.9. The summed E-state index contributed by atoms with van der Waals surface area (Å²) in [6.45, 7) is -0.141. The van der Waals surface area contributed by atoms with Gasteiger partial charge in [0.05, 0.1) is 5.39 Å². The molecule has 0 radical (unpaired) electrons. The number of aromatic nitrogens is 1. The fourth-order valence-electron chi connectivity index (χ4n) is 3.14. The van der Waals surface area contributed by atoms with E-state index >= 15 is 0 Å². The number of hydrogen-bond acceptors (Lipinski definition) is 3. The molecule has 0 aliphatic rings. The summed E-state index contributed by atoms with van der Waals surface area (Å²) in [6, 6.07) is 20.7. The molecule has 1 heterocycles. The van der Waals surface area contributed by atoms with E-state index in [0.29, 0.717) is 16.5 Å². The van der Waals surface area contributed by atoms with E-state index in [0.717, 1.165) is 16.5 Å². The highest BCUT2D eigenvalue weighted by Crippen LogP contribution is 2.24. The van der Waals surface area contributed by atoms with Crippen LogP contribution in [0.15, 0.2) is 77.7 Å². The van der Waals surface area contributed by atoms with Crippen LogP contribution in [0.2, 0.25) is 0 Å². The topological polar surface area (TPSA) is 60.3 Å². The third-order valence-electron chi connectivity index (χ3n) is 4.50. The molecule has 0 fully saturated rings. The van der Waals surface area contributed by atoms with Crippen LogP contribution in [0.3, 0.4) is 0 Å². The Kier molecular flexibility index (Phi) is 4.34. The molecule has 5 nitrogen and oxygen atoms in total. The highest BCUT2D eigenvalue weighted by Gasteiger charge is 2.10. The quantitative estimate of drug-likeness (QED) is 0.605. The average Bonchev–Trinajstić information content (AvgIpc) is 2.69. The van der Waals surface area contributed by atoms with E-state index in [2.05, 4.69) is 5.32 Å². The summed E-state index contributed by atoms with van der Waals surface area (Å²) in [7, 11) is 1.70. The van der Waals surface area contributed by atoms with Crippen LogP contribution < -0.4 is 15.6 Å². The molecular formula is C22H18N2O3. The Hall–Kier alpha value is -3.60. The molecule has 0 unspecified atom stereocenters. The van der Waals surface area contributed by atoms with Crippen LogP contribution in [0.1, 0.15) is 0 Å². The number of nitrogens with zero attached hydrogens (tertiary/aromatic N) is 1. The first-order chi connectivity index (χ1) is 13.1. The Morgan fingerprint density at radius 3 is 2.56 bits per heavy atom. The summed E-state index contributed by atoms with van der Waals surface area (Å²) >= 11 is 0. The molecule has 1 N–H and O–H groups in total. The number of carbonyl (C=O) groups excluding carboxylic acids is 1. The van der Waals surface area contributed by atoms with Crippen molar-refractivity contribution in [2.75, 3.05) is 11.9 Å². The molecule has 134 valence electrons. The fourth-order valence-corrected chi connectivity index (χ4v) is 3.14. The Labute approximate surface area is 155 Å². The zero-order valence-electron chi connectivity index (χ0n) is 14.8. The van der Waals surface area contributed by atoms with Gasteiger partial charge in [-0.15, -0.1) is 0 Å². The van der Waals surface area contributed by atoms with Gasteiger partial charge >= 0.3 is 0 Å². The Morgan fingerprint density at radius 2 is 1.67 bits per heavy atom. The van der Waals surface area contributed by atoms with Crippen LogP contribution in [0.25, 0.3) is 21.5 Å². The standard InChI is InChI=1S/C22H18N2O3/c1-24-13-12-17-18(22(24)26)9-5-11-20(17)27-14-21(25)23-19-10-4-7-15-6-2-3-8-16(15)19/h2-13H,14H2,1H3,(H,23,25). The van der Waals surface area contributed by atoms with E-state index in [1.54, 1.807) is 31.4 Å². The van der Waals surface area contributed by atoms with Gasteiger partial charge < -0.3 is 14.6 Å². The molecule has 4 rings (SSSR count). The van der Waals surface area contributed by atoms with Gasteiger partial charge in [0.15, 0.2) is 6.61 Å². The molecular weight excluding hydrogens is 340 g/mol. The second-order valence-corrected chi connectivity index (χ2v) is 6.31. The van der Waals surface area contributed by atoms with E-state index in [1.807, 2.05) is 48.5 Å². The van der Waals surface area contributed by atoms with Gasteiger partial charge in [0.1, 0.15) is 5.75 Å². The second kappa shape index (κ2) is 6.96. The first-order valence-corrected chi connectivity index (χ1v) is 8.62. The Bertz CT molecular complexity index is 1210. The van der Waals surface area contributed by atoms with Crippen molar-refractivity contribution in [3.8, 4) is 5.75 Å². The highest BCUT2D eigenvalue weighted by molar-refractivity contribution is 6.02. The van der Waals surface area contributed by atoms with Gasteiger partial charge in [-0.25, -0.2) is 0 Å². The SMILES string of the molecule is Cn1ccc2c(OCC(=O)Nc3cccc4ccccc34)cccc2c1=O. The molecule has 0 saturated heterocycles. The van der Waals surface area contributed by atoms with Crippen molar-refractivity contribution >= 4 is 33.1 Å². The van der Waals surface area contributed by atoms with Crippen molar-refractivity contribution in [2.45, 2.75) is 0 Å². The lowest BCUT2D eigenvalue weighted by atomic mass is 10.1. The van der Waals surface area contributed by atoms with E-state index < -0.39 is 0 Å². The van der Waals surface area contributed by atoms with E-state index in [4.69, 9.17) is 4.74 Å². The third kappa shape index (κ3) is 3.27. The molecule has 0 aliphatic heterocycles. The number of amides is 1. The van der Waals surface area contributed by atoms with Crippen molar-refractivity contribution in [1.29, 1.82) is 0 Å². The molecule has 3 aromatic carbocycles. The molecule has 1 amide bonds. The molecule has 4 aromatic rings. The zero-order valence-corrected chi connectivity index (χ0v) is 14.8. The van der Waals surface area contributed by atoms with Crippen molar-refractivity contribution in [3.05, 3.63) is 83.3 Å². The average molecular weight is 358 g/mol. The molecule has 0 spiro atoms. The molecule has 5 heteroatoms. The van der Waals surface area contributed by atoms with Gasteiger partial charge in [0, 0.05) is 29.7 Å². The first kappa shape index (κ1) is 16.8. The zero-order chi connectivity index (χ0) is 18.8. The summed E-state index contributed by atoms with van der Waals surface area (Å²) < 4.78 is 7.21. The minimum Gasteiger partial charge on any atom is -0.483 e. The monoisotopic (exact) mass is 358 g/mol. The van der Waals surface area contributed by atoms with Gasteiger partial charge in [0.25, 0.3) is 11.5 Å². The lowest BCUT2D eigenvalue weighted by Crippen LogP contribution is -2.21. The lowest BCUT2D eigenvalue weighted by Gasteiger charge is -2.11. The third-order valence-corrected chi connectivity index (χ3v) is 4.50. The molecule has 0 saturated carbocycles. The fraction of sp³-hybridized carbons (Fsp3) is 0.0909. The minimum atomic E-state index is -0.257. The van der Waals surface area contributed by atoms with Crippen molar-refractivity contribution in [2.24, 2.45) is 7.05 Å². The maximum atomic E-state index is 12.4. The van der Waals surface area contributed by atoms with Crippen molar-refractivity contribution in [1.82, 2.24) is 4.57 Å². The number of ether oxygens (including phenoxy) is 1. The Morgan fingerprint density at radius 1 is 0.926 bits per heavy atom. The lowest BCUT2D eigenvalue weighted by molar-refractivity contribution is -0.118. The molecule has 0 atom stereocenters. The summed E-state index contributed by atoms with van der Waals surface area (Å²) in [5.74, 6) is 0.255. The first-order valence-electron chi connectivity index (χ1n) is 8.62. The van der Waals surface area contributed by atoms with Crippen molar-refractivity contribution < 1.29 is 9.53 Å². The van der Waals surface area contributed by atoms with Gasteiger partial charge in [-0.3, -0.25) is 9.59 Å². The number of carbonyl (C=O) groups is 1. The van der Waals surface area contributed by atoms with Gasteiger partial charge in [-0.1, -0.05) is 42.5 Å². The Balaban J connectivity index is 1.54. The predicted octanol–water partition coefficient (Wildman–Crippen LogP) is 3.71.